The minimum absolute atomic E-state index is 0.0939. The number of rotatable bonds is 12. The molecule has 0 bridgehead atoms. The number of aliphatic carboxylic acids is 1. The third-order valence-corrected chi connectivity index (χ3v) is 6.89. The van der Waals surface area contributed by atoms with E-state index in [1.165, 1.54) is 6.07 Å². The van der Waals surface area contributed by atoms with E-state index in [1.807, 2.05) is 17.0 Å². The molecule has 6 nitrogen and oxygen atoms in total. The zero-order valence-electron chi connectivity index (χ0n) is 22.1. The average Bonchev–Trinajstić information content (AvgIpc) is 3.29. The van der Waals surface area contributed by atoms with Crippen LogP contribution < -0.4 is 10.1 Å². The summed E-state index contributed by atoms with van der Waals surface area (Å²) in [4.78, 5) is 24.4. The molecule has 1 heterocycles. The molecule has 0 spiro atoms. The Kier molecular flexibility index (Phi) is 9.00. The standard InChI is InChI=1S/C31H35FN2O4/c1-21-16-27(38-15-5-14-34-13-4-8-29(34)35)17-22(2)31(21)25-7-3-6-23(18-25)20-33-26-11-9-24(28(32)19-26)10-12-30(36)37/h3,6-7,9,11,16-19,33H,4-5,8,10,12-15,20H2,1-2H3,(H,36,37). The molecular formula is C31H35FN2O4. The predicted molar refractivity (Wildman–Crippen MR) is 147 cm³/mol. The first kappa shape index (κ1) is 27.2. The SMILES string of the molecule is Cc1cc(OCCCN2CCCC2=O)cc(C)c1-c1cccc(CNc2ccc(CCC(=O)O)c(F)c2)c1. The monoisotopic (exact) mass is 518 g/mol. The number of carbonyl (C=O) groups is 2. The summed E-state index contributed by atoms with van der Waals surface area (Å²) in [6, 6.07) is 17.2. The molecule has 1 amide bonds. The second-order valence-electron chi connectivity index (χ2n) is 9.87. The fraction of sp³-hybridized carbons (Fsp3) is 0.355. The van der Waals surface area contributed by atoms with Crippen LogP contribution in [0, 0.1) is 19.7 Å². The van der Waals surface area contributed by atoms with E-state index in [0.717, 1.165) is 59.5 Å². The molecule has 3 aromatic rings. The lowest BCUT2D eigenvalue weighted by molar-refractivity contribution is -0.137. The fourth-order valence-corrected chi connectivity index (χ4v) is 4.99. The number of carboxylic acids is 1. The normalized spacial score (nSPS) is 13.1. The lowest BCUT2D eigenvalue weighted by Crippen LogP contribution is -2.26. The predicted octanol–water partition coefficient (Wildman–Crippen LogP) is 6.13. The molecular weight excluding hydrogens is 483 g/mol. The molecule has 200 valence electrons. The summed E-state index contributed by atoms with van der Waals surface area (Å²) >= 11 is 0. The van der Waals surface area contributed by atoms with Gasteiger partial charge in [0.1, 0.15) is 11.6 Å². The molecule has 1 fully saturated rings. The Hall–Kier alpha value is -3.87. The Morgan fingerprint density at radius 1 is 1.11 bits per heavy atom. The summed E-state index contributed by atoms with van der Waals surface area (Å²) in [6.45, 7) is 6.87. The largest absolute Gasteiger partial charge is 0.494 e. The number of ether oxygens (including phenoxy) is 1. The maximum Gasteiger partial charge on any atom is 0.303 e. The summed E-state index contributed by atoms with van der Waals surface area (Å²) in [5.74, 6) is -0.256. The van der Waals surface area contributed by atoms with Gasteiger partial charge in [0.2, 0.25) is 5.91 Å². The minimum atomic E-state index is -0.939. The van der Waals surface area contributed by atoms with E-state index in [-0.39, 0.29) is 18.7 Å². The molecule has 0 aliphatic carbocycles. The number of likely N-dealkylation sites (tertiary alicyclic amines) is 1. The van der Waals surface area contributed by atoms with Gasteiger partial charge in [-0.3, -0.25) is 9.59 Å². The zero-order valence-corrected chi connectivity index (χ0v) is 22.1. The quantitative estimate of drug-likeness (QED) is 0.282. The molecule has 0 radical (unpaired) electrons. The van der Waals surface area contributed by atoms with Gasteiger partial charge in [0.15, 0.2) is 0 Å². The summed E-state index contributed by atoms with van der Waals surface area (Å²) in [5, 5.41) is 12.1. The maximum atomic E-state index is 14.4. The van der Waals surface area contributed by atoms with Gasteiger partial charge >= 0.3 is 5.97 Å². The first-order valence-electron chi connectivity index (χ1n) is 13.2. The van der Waals surface area contributed by atoms with E-state index in [9.17, 15) is 14.0 Å². The number of hydrogen-bond donors (Lipinski definition) is 2. The smallest absolute Gasteiger partial charge is 0.303 e. The first-order chi connectivity index (χ1) is 18.3. The van der Waals surface area contributed by atoms with Crippen LogP contribution in [0.2, 0.25) is 0 Å². The number of halogens is 1. The number of benzene rings is 3. The highest BCUT2D eigenvalue weighted by molar-refractivity contribution is 5.78. The minimum Gasteiger partial charge on any atom is -0.494 e. The molecule has 7 heteroatoms. The second kappa shape index (κ2) is 12.6. The number of anilines is 1. The third-order valence-electron chi connectivity index (χ3n) is 6.89. The molecule has 1 aliphatic heterocycles. The molecule has 38 heavy (non-hydrogen) atoms. The Balaban J connectivity index is 1.36. The highest BCUT2D eigenvalue weighted by Crippen LogP contribution is 2.32. The van der Waals surface area contributed by atoms with Crippen LogP contribution >= 0.6 is 0 Å². The van der Waals surface area contributed by atoms with E-state index in [0.29, 0.717) is 30.8 Å². The average molecular weight is 519 g/mol. The zero-order chi connectivity index (χ0) is 27.1. The van der Waals surface area contributed by atoms with Crippen molar-refractivity contribution in [2.45, 2.75) is 52.5 Å². The van der Waals surface area contributed by atoms with Gasteiger partial charge in [0.05, 0.1) is 6.61 Å². The Bertz CT molecular complexity index is 1280. The van der Waals surface area contributed by atoms with Gasteiger partial charge in [-0.15, -0.1) is 0 Å². The van der Waals surface area contributed by atoms with Crippen LogP contribution in [-0.2, 0) is 22.6 Å². The van der Waals surface area contributed by atoms with Crippen LogP contribution in [0.15, 0.2) is 54.6 Å². The topological polar surface area (TPSA) is 78.9 Å². The van der Waals surface area contributed by atoms with Crippen LogP contribution in [0.25, 0.3) is 11.1 Å². The van der Waals surface area contributed by atoms with Crippen LogP contribution in [-0.4, -0.2) is 41.6 Å². The van der Waals surface area contributed by atoms with Crippen molar-refractivity contribution < 1.29 is 23.8 Å². The summed E-state index contributed by atoms with van der Waals surface area (Å²) < 4.78 is 20.4. The van der Waals surface area contributed by atoms with Gasteiger partial charge < -0.3 is 20.1 Å². The summed E-state index contributed by atoms with van der Waals surface area (Å²) in [5.41, 5.74) is 6.63. The number of nitrogens with zero attached hydrogens (tertiary/aromatic N) is 1. The van der Waals surface area contributed by atoms with E-state index in [4.69, 9.17) is 9.84 Å². The number of aryl methyl sites for hydroxylation is 3. The van der Waals surface area contributed by atoms with Crippen molar-refractivity contribution in [2.75, 3.05) is 25.0 Å². The van der Waals surface area contributed by atoms with Crippen molar-refractivity contribution >= 4 is 17.6 Å². The van der Waals surface area contributed by atoms with Gasteiger partial charge in [-0.1, -0.05) is 24.3 Å². The van der Waals surface area contributed by atoms with E-state index in [1.54, 1.807) is 12.1 Å². The Morgan fingerprint density at radius 3 is 2.58 bits per heavy atom. The first-order valence-corrected chi connectivity index (χ1v) is 13.2. The molecule has 2 N–H and O–H groups in total. The van der Waals surface area contributed by atoms with Crippen molar-refractivity contribution in [3.05, 3.63) is 82.7 Å². The van der Waals surface area contributed by atoms with Crippen LogP contribution in [0.3, 0.4) is 0 Å². The molecule has 3 aromatic carbocycles. The van der Waals surface area contributed by atoms with E-state index in [2.05, 4.69) is 43.4 Å². The van der Waals surface area contributed by atoms with Gasteiger partial charge in [-0.05, 0) is 96.8 Å². The van der Waals surface area contributed by atoms with Crippen molar-refractivity contribution in [1.29, 1.82) is 0 Å². The highest BCUT2D eigenvalue weighted by Gasteiger charge is 2.19. The van der Waals surface area contributed by atoms with Gasteiger partial charge in [-0.2, -0.15) is 0 Å². The van der Waals surface area contributed by atoms with Gasteiger partial charge in [0.25, 0.3) is 0 Å². The molecule has 0 atom stereocenters. The lowest BCUT2D eigenvalue weighted by atomic mass is 9.94. The van der Waals surface area contributed by atoms with E-state index < -0.39 is 11.8 Å². The van der Waals surface area contributed by atoms with Crippen molar-refractivity contribution in [3.8, 4) is 16.9 Å². The molecule has 1 saturated heterocycles. The third kappa shape index (κ3) is 7.12. The molecule has 4 rings (SSSR count). The van der Waals surface area contributed by atoms with Crippen LogP contribution in [0.1, 0.15) is 47.9 Å². The number of carbonyl (C=O) groups excluding carboxylic acids is 1. The summed E-state index contributed by atoms with van der Waals surface area (Å²) in [6.07, 6.45) is 2.52. The highest BCUT2D eigenvalue weighted by atomic mass is 19.1. The van der Waals surface area contributed by atoms with Crippen molar-refractivity contribution in [1.82, 2.24) is 4.90 Å². The Labute approximate surface area is 223 Å². The van der Waals surface area contributed by atoms with Crippen molar-refractivity contribution in [2.24, 2.45) is 0 Å². The lowest BCUT2D eigenvalue weighted by Gasteiger charge is -2.17. The Morgan fingerprint density at radius 2 is 1.89 bits per heavy atom. The van der Waals surface area contributed by atoms with Crippen molar-refractivity contribution in [3.63, 3.8) is 0 Å². The van der Waals surface area contributed by atoms with Crippen LogP contribution in [0.5, 0.6) is 5.75 Å². The van der Waals surface area contributed by atoms with Gasteiger partial charge in [0, 0.05) is 38.2 Å². The second-order valence-corrected chi connectivity index (χ2v) is 9.87. The number of nitrogens with one attached hydrogen (secondary N) is 1. The fourth-order valence-electron chi connectivity index (χ4n) is 4.99. The molecule has 0 aromatic heterocycles. The van der Waals surface area contributed by atoms with E-state index >= 15 is 0 Å². The number of amides is 1. The molecule has 0 unspecified atom stereocenters. The maximum absolute atomic E-state index is 14.4. The van der Waals surface area contributed by atoms with Crippen LogP contribution in [0.4, 0.5) is 10.1 Å². The molecule has 0 saturated carbocycles. The van der Waals surface area contributed by atoms with Gasteiger partial charge in [-0.25, -0.2) is 4.39 Å². The molecule has 1 aliphatic rings. The summed E-state index contributed by atoms with van der Waals surface area (Å²) in [7, 11) is 0. The number of hydrogen-bond acceptors (Lipinski definition) is 4. The number of carboxylic acid groups (broad SMARTS) is 1.